The third kappa shape index (κ3) is 54.6. The summed E-state index contributed by atoms with van der Waals surface area (Å²) in [5, 5.41) is 9.20. The van der Waals surface area contributed by atoms with E-state index in [0.29, 0.717) is 23.5 Å². The lowest BCUT2D eigenvalue weighted by Crippen LogP contribution is -2.14. The summed E-state index contributed by atoms with van der Waals surface area (Å²) >= 11 is 16.7. The number of rotatable bonds is 12. The maximum atomic E-state index is 10.4. The number of carbonyl (C=O) groups excluding carboxylic acids is 2. The van der Waals surface area contributed by atoms with Gasteiger partial charge in [0.05, 0.1) is 6.61 Å². The second-order valence-electron chi connectivity index (χ2n) is 8.68. The summed E-state index contributed by atoms with van der Waals surface area (Å²) in [5.41, 5.74) is 1.34. The van der Waals surface area contributed by atoms with Gasteiger partial charge in [-0.25, -0.2) is 0 Å². The number of aliphatic hydroxyl groups excluding tert-OH is 1. The molecule has 200 valence electrons. The molecule has 2 unspecified atom stereocenters. The largest absolute Gasteiger partial charge is 0.466 e. The molecule has 0 bridgehead atoms. The molecule has 2 atom stereocenters. The molecule has 8 heteroatoms. The van der Waals surface area contributed by atoms with Crippen LogP contribution in [0.5, 0.6) is 0 Å². The van der Waals surface area contributed by atoms with Crippen LogP contribution >= 0.6 is 50.5 Å². The average Bonchev–Trinajstić information content (AvgIpc) is 2.61. The molecule has 1 N–H and O–H groups in total. The number of ketones is 1. The van der Waals surface area contributed by atoms with Crippen LogP contribution in [0.1, 0.15) is 100 Å². The highest BCUT2D eigenvalue weighted by atomic mass is 32.1. The maximum Gasteiger partial charge on any atom is 0.302 e. The van der Waals surface area contributed by atoms with Crippen LogP contribution in [0.25, 0.3) is 0 Å². The Balaban J connectivity index is -0.000000174. The molecule has 0 radical (unpaired) electrons. The van der Waals surface area contributed by atoms with Crippen molar-refractivity contribution in [1.82, 2.24) is 0 Å². The van der Waals surface area contributed by atoms with Gasteiger partial charge in [-0.2, -0.15) is 50.5 Å². The third-order valence-electron chi connectivity index (χ3n) is 3.64. The number of Topliss-reactive ketones (excluding diaryl/α,β-unsaturated/α-hetero) is 1. The van der Waals surface area contributed by atoms with Crippen molar-refractivity contribution in [2.45, 2.75) is 116 Å². The standard InChI is InChI=1S/C8H16O2S.C6H12OS.C6H14OS.C5H10S/c1-3-4-8(11)5-6-10-7(2)9;1-5(7)4-6(2,3)8;1-2-3-6(8)4-5-7;1-5(2)3-4-6/h8,11H,3-6H2,1-2H3;8H,4H2,1-3H3;6-8H,2-5H2,1H3;3,6H,4H2,1-2H3. The molecule has 4 nitrogen and oxygen atoms in total. The van der Waals surface area contributed by atoms with E-state index in [1.54, 1.807) is 6.92 Å². The molecule has 0 heterocycles. The number of thiol groups is 4. The number of ether oxygens (including phenoxy) is 1. The normalized spacial score (nSPS) is 11.8. The van der Waals surface area contributed by atoms with Gasteiger partial charge in [0.25, 0.3) is 0 Å². The summed E-state index contributed by atoms with van der Waals surface area (Å²) in [4.78, 5) is 20.7. The van der Waals surface area contributed by atoms with Gasteiger partial charge < -0.3 is 9.84 Å². The SMILES string of the molecule is CC(=O)CC(C)(C)S.CC(C)=CCS.CCCC(S)CCO.CCCC(S)CCOC(C)=O. The Morgan fingerprint density at radius 1 is 0.939 bits per heavy atom. The minimum atomic E-state index is -0.206. The van der Waals surface area contributed by atoms with E-state index in [1.807, 2.05) is 13.8 Å². The summed E-state index contributed by atoms with van der Waals surface area (Å²) in [6.45, 7) is 16.0. The summed E-state index contributed by atoms with van der Waals surface area (Å²) in [7, 11) is 0. The van der Waals surface area contributed by atoms with Crippen LogP contribution in [0.2, 0.25) is 0 Å². The van der Waals surface area contributed by atoms with E-state index in [0.717, 1.165) is 44.3 Å². The zero-order valence-electron chi connectivity index (χ0n) is 22.3. The molecule has 0 aromatic heterocycles. The Kier molecular flexibility index (Phi) is 34.9. The van der Waals surface area contributed by atoms with E-state index in [4.69, 9.17) is 9.84 Å². The Morgan fingerprint density at radius 2 is 1.39 bits per heavy atom. The van der Waals surface area contributed by atoms with Gasteiger partial charge in [0.2, 0.25) is 0 Å². The van der Waals surface area contributed by atoms with Crippen LogP contribution in [-0.2, 0) is 14.3 Å². The summed E-state index contributed by atoms with van der Waals surface area (Å²) < 4.78 is 4.64. The predicted molar refractivity (Wildman–Crippen MR) is 160 cm³/mol. The first-order valence-electron chi connectivity index (χ1n) is 11.7. The quantitative estimate of drug-likeness (QED) is 0.104. The summed E-state index contributed by atoms with van der Waals surface area (Å²) in [5.74, 6) is 0.856. The Morgan fingerprint density at radius 3 is 1.61 bits per heavy atom. The molecule has 0 aliphatic heterocycles. The van der Waals surface area contributed by atoms with Crippen molar-refractivity contribution < 1.29 is 19.4 Å². The second kappa shape index (κ2) is 28.5. The molecule has 0 aromatic carbocycles. The molecule has 0 aliphatic rings. The minimum Gasteiger partial charge on any atom is -0.466 e. The fraction of sp³-hybridized carbons (Fsp3) is 0.840. The van der Waals surface area contributed by atoms with Gasteiger partial charge in [-0.05, 0) is 46.5 Å². The van der Waals surface area contributed by atoms with Gasteiger partial charge in [0.15, 0.2) is 0 Å². The lowest BCUT2D eigenvalue weighted by Gasteiger charge is -2.13. The predicted octanol–water partition coefficient (Wildman–Crippen LogP) is 7.06. The van der Waals surface area contributed by atoms with Crippen LogP contribution in [0.3, 0.4) is 0 Å². The molecule has 0 aromatic rings. The molecule has 0 aliphatic carbocycles. The first kappa shape index (κ1) is 40.4. The molecule has 0 saturated carbocycles. The molecule has 0 rings (SSSR count). The van der Waals surface area contributed by atoms with Crippen molar-refractivity contribution in [2.24, 2.45) is 0 Å². The van der Waals surface area contributed by atoms with Gasteiger partial charge in [0, 0.05) is 41.0 Å². The Bertz CT molecular complexity index is 468. The fourth-order valence-corrected chi connectivity index (χ4v) is 3.56. The zero-order chi connectivity index (χ0) is 26.9. The molecule has 0 spiro atoms. The highest BCUT2D eigenvalue weighted by Crippen LogP contribution is 2.16. The molecular formula is C25H52O4S4. The van der Waals surface area contributed by atoms with Gasteiger partial charge in [-0.1, -0.05) is 52.2 Å². The van der Waals surface area contributed by atoms with E-state index in [1.165, 1.54) is 12.5 Å². The maximum absolute atomic E-state index is 10.4. The van der Waals surface area contributed by atoms with E-state index in [9.17, 15) is 9.59 Å². The van der Waals surface area contributed by atoms with Gasteiger partial charge in [-0.3, -0.25) is 9.59 Å². The van der Waals surface area contributed by atoms with E-state index in [-0.39, 0.29) is 23.1 Å². The van der Waals surface area contributed by atoms with Crippen LogP contribution < -0.4 is 0 Å². The van der Waals surface area contributed by atoms with Crippen molar-refractivity contribution in [3.05, 3.63) is 11.6 Å². The minimum absolute atomic E-state index is 0.133. The molecule has 0 amide bonds. The smallest absolute Gasteiger partial charge is 0.302 e. The summed E-state index contributed by atoms with van der Waals surface area (Å²) in [6, 6.07) is 0. The summed E-state index contributed by atoms with van der Waals surface area (Å²) in [6.07, 6.45) is 8.81. The second-order valence-corrected chi connectivity index (χ2v) is 11.7. The van der Waals surface area contributed by atoms with Crippen molar-refractivity contribution in [3.8, 4) is 0 Å². The molecule has 0 fully saturated rings. The van der Waals surface area contributed by atoms with Gasteiger partial charge in [0.1, 0.15) is 5.78 Å². The Hall–Kier alpha value is 0.240. The molecule has 33 heavy (non-hydrogen) atoms. The third-order valence-corrected chi connectivity index (χ3v) is 5.02. The highest BCUT2D eigenvalue weighted by molar-refractivity contribution is 7.81. The fourth-order valence-electron chi connectivity index (χ4n) is 2.23. The van der Waals surface area contributed by atoms with Crippen molar-refractivity contribution in [1.29, 1.82) is 0 Å². The number of hydrogen-bond acceptors (Lipinski definition) is 8. The average molecular weight is 545 g/mol. The van der Waals surface area contributed by atoms with E-state index < -0.39 is 0 Å². The lowest BCUT2D eigenvalue weighted by atomic mass is 10.1. The van der Waals surface area contributed by atoms with Crippen LogP contribution in [0.15, 0.2) is 11.6 Å². The van der Waals surface area contributed by atoms with Gasteiger partial charge >= 0.3 is 5.97 Å². The van der Waals surface area contributed by atoms with Crippen molar-refractivity contribution >= 4 is 62.3 Å². The highest BCUT2D eigenvalue weighted by Gasteiger charge is 2.12. The first-order chi connectivity index (χ1) is 15.2. The number of hydrogen-bond donors (Lipinski definition) is 5. The van der Waals surface area contributed by atoms with Crippen LogP contribution in [0, 0.1) is 0 Å². The molecular weight excluding hydrogens is 493 g/mol. The van der Waals surface area contributed by atoms with E-state index >= 15 is 0 Å². The number of esters is 1. The van der Waals surface area contributed by atoms with Crippen molar-refractivity contribution in [3.63, 3.8) is 0 Å². The number of aliphatic hydroxyl groups is 1. The lowest BCUT2D eigenvalue weighted by molar-refractivity contribution is -0.141. The Labute approximate surface area is 227 Å². The van der Waals surface area contributed by atoms with Gasteiger partial charge in [-0.15, -0.1) is 0 Å². The number of allylic oxidation sites excluding steroid dienone is 1. The topological polar surface area (TPSA) is 63.6 Å². The van der Waals surface area contributed by atoms with Crippen molar-refractivity contribution in [2.75, 3.05) is 19.0 Å². The zero-order valence-corrected chi connectivity index (χ0v) is 25.8. The molecule has 0 saturated heterocycles. The van der Waals surface area contributed by atoms with Crippen LogP contribution in [-0.4, -0.2) is 51.1 Å². The first-order valence-corrected chi connectivity index (χ1v) is 13.8. The monoisotopic (exact) mass is 544 g/mol. The number of carbonyl (C=O) groups is 2. The van der Waals surface area contributed by atoms with Crippen LogP contribution in [0.4, 0.5) is 0 Å². The van der Waals surface area contributed by atoms with E-state index in [2.05, 4.69) is 84.3 Å².